The SMILES string of the molecule is Cn1c(=O)n(C)c2cc(CC(=O)N3CCN(C(=O)C(C)(C)C)CC3)ccc21. The van der Waals surface area contributed by atoms with Crippen molar-refractivity contribution in [2.24, 2.45) is 19.5 Å². The largest absolute Gasteiger partial charge is 0.339 e. The average Bonchev–Trinajstić information content (AvgIpc) is 2.84. The van der Waals surface area contributed by atoms with Crippen molar-refractivity contribution in [3.63, 3.8) is 0 Å². The first-order valence-corrected chi connectivity index (χ1v) is 9.31. The van der Waals surface area contributed by atoms with Crippen LogP contribution in [0.3, 0.4) is 0 Å². The van der Waals surface area contributed by atoms with Gasteiger partial charge in [0.2, 0.25) is 11.8 Å². The fourth-order valence-corrected chi connectivity index (χ4v) is 3.58. The number of amides is 2. The molecule has 3 rings (SSSR count). The molecule has 27 heavy (non-hydrogen) atoms. The Labute approximate surface area is 159 Å². The van der Waals surface area contributed by atoms with Crippen LogP contribution in [0.4, 0.5) is 0 Å². The molecule has 0 radical (unpaired) electrons. The van der Waals surface area contributed by atoms with Crippen LogP contribution in [-0.2, 0) is 30.1 Å². The molecule has 0 N–H and O–H groups in total. The Kier molecular flexibility index (Phi) is 4.88. The lowest BCUT2D eigenvalue weighted by Crippen LogP contribution is -2.53. The van der Waals surface area contributed by atoms with Gasteiger partial charge < -0.3 is 9.80 Å². The maximum Gasteiger partial charge on any atom is 0.328 e. The summed E-state index contributed by atoms with van der Waals surface area (Å²) in [5.41, 5.74) is 2.10. The van der Waals surface area contributed by atoms with Crippen LogP contribution in [0, 0.1) is 5.41 Å². The van der Waals surface area contributed by atoms with Crippen LogP contribution >= 0.6 is 0 Å². The highest BCUT2D eigenvalue weighted by Crippen LogP contribution is 2.19. The van der Waals surface area contributed by atoms with Crippen molar-refractivity contribution >= 4 is 22.8 Å². The lowest BCUT2D eigenvalue weighted by Gasteiger charge is -2.37. The molecule has 1 aromatic heterocycles. The second kappa shape index (κ2) is 6.87. The highest BCUT2D eigenvalue weighted by molar-refractivity contribution is 5.84. The van der Waals surface area contributed by atoms with Crippen molar-refractivity contribution in [2.75, 3.05) is 26.2 Å². The molecular formula is C20H28N4O3. The van der Waals surface area contributed by atoms with Gasteiger partial charge in [-0.1, -0.05) is 26.8 Å². The van der Waals surface area contributed by atoms with Gasteiger partial charge in [-0.15, -0.1) is 0 Å². The Morgan fingerprint density at radius 1 is 0.926 bits per heavy atom. The highest BCUT2D eigenvalue weighted by Gasteiger charge is 2.30. The van der Waals surface area contributed by atoms with E-state index >= 15 is 0 Å². The smallest absolute Gasteiger partial charge is 0.328 e. The summed E-state index contributed by atoms with van der Waals surface area (Å²) in [6.07, 6.45) is 0.298. The molecule has 1 fully saturated rings. The minimum Gasteiger partial charge on any atom is -0.339 e. The Bertz CT molecular complexity index is 941. The van der Waals surface area contributed by atoms with Crippen molar-refractivity contribution in [1.29, 1.82) is 0 Å². The number of imidazole rings is 1. The number of benzene rings is 1. The number of aryl methyl sites for hydroxylation is 2. The van der Waals surface area contributed by atoms with Gasteiger partial charge in [-0.3, -0.25) is 18.7 Å². The number of fused-ring (bicyclic) bond motifs is 1. The zero-order valence-electron chi connectivity index (χ0n) is 16.8. The molecule has 1 aromatic carbocycles. The first-order valence-electron chi connectivity index (χ1n) is 9.31. The van der Waals surface area contributed by atoms with Crippen LogP contribution in [0.15, 0.2) is 23.0 Å². The summed E-state index contributed by atoms with van der Waals surface area (Å²) in [6.45, 7) is 8.03. The molecule has 0 aliphatic carbocycles. The molecule has 1 aliphatic heterocycles. The van der Waals surface area contributed by atoms with E-state index in [2.05, 4.69) is 0 Å². The van der Waals surface area contributed by atoms with E-state index in [-0.39, 0.29) is 17.5 Å². The minimum absolute atomic E-state index is 0.0538. The number of rotatable bonds is 2. The molecule has 146 valence electrons. The van der Waals surface area contributed by atoms with Crippen LogP contribution in [0.5, 0.6) is 0 Å². The molecule has 1 aliphatic rings. The summed E-state index contributed by atoms with van der Waals surface area (Å²) >= 11 is 0. The van der Waals surface area contributed by atoms with E-state index in [1.54, 1.807) is 23.2 Å². The number of hydrogen-bond donors (Lipinski definition) is 0. The number of carbonyl (C=O) groups is 2. The van der Waals surface area contributed by atoms with Gasteiger partial charge in [0.25, 0.3) is 0 Å². The van der Waals surface area contributed by atoms with Gasteiger partial charge in [0, 0.05) is 45.7 Å². The topological polar surface area (TPSA) is 67.6 Å². The lowest BCUT2D eigenvalue weighted by atomic mass is 9.94. The summed E-state index contributed by atoms with van der Waals surface area (Å²) in [7, 11) is 3.48. The quantitative estimate of drug-likeness (QED) is 0.794. The summed E-state index contributed by atoms with van der Waals surface area (Å²) in [4.78, 5) is 40.8. The van der Waals surface area contributed by atoms with Gasteiger partial charge in [0.1, 0.15) is 0 Å². The molecule has 0 saturated carbocycles. The van der Waals surface area contributed by atoms with E-state index in [9.17, 15) is 14.4 Å². The van der Waals surface area contributed by atoms with Crippen LogP contribution < -0.4 is 5.69 Å². The highest BCUT2D eigenvalue weighted by atomic mass is 16.2. The first kappa shape index (κ1) is 19.2. The molecule has 0 spiro atoms. The molecular weight excluding hydrogens is 344 g/mol. The molecule has 2 amide bonds. The molecule has 1 saturated heterocycles. The third kappa shape index (κ3) is 3.63. The summed E-state index contributed by atoms with van der Waals surface area (Å²) in [6, 6.07) is 5.70. The lowest BCUT2D eigenvalue weighted by molar-refractivity contribution is -0.144. The fourth-order valence-electron chi connectivity index (χ4n) is 3.58. The zero-order chi connectivity index (χ0) is 19.9. The van der Waals surface area contributed by atoms with Crippen molar-refractivity contribution in [2.45, 2.75) is 27.2 Å². The van der Waals surface area contributed by atoms with E-state index in [1.165, 1.54) is 0 Å². The van der Waals surface area contributed by atoms with Gasteiger partial charge in [0.15, 0.2) is 0 Å². The van der Waals surface area contributed by atoms with Crippen LogP contribution in [0.1, 0.15) is 26.3 Å². The maximum absolute atomic E-state index is 12.7. The first-order chi connectivity index (χ1) is 12.6. The predicted octanol–water partition coefficient (Wildman–Crippen LogP) is 1.14. The van der Waals surface area contributed by atoms with E-state index < -0.39 is 5.41 Å². The van der Waals surface area contributed by atoms with Gasteiger partial charge >= 0.3 is 5.69 Å². The van der Waals surface area contributed by atoms with E-state index in [4.69, 9.17) is 0 Å². The van der Waals surface area contributed by atoms with Gasteiger partial charge in [-0.05, 0) is 17.7 Å². The number of piperazine rings is 1. The summed E-state index contributed by atoms with van der Waals surface area (Å²) in [5.74, 6) is 0.184. The number of nitrogens with zero attached hydrogens (tertiary/aromatic N) is 4. The standard InChI is InChI=1S/C20H28N4O3/c1-20(2,3)18(26)24-10-8-23(9-11-24)17(25)13-14-6-7-15-16(12-14)22(5)19(27)21(15)4/h6-7,12H,8-11,13H2,1-5H3. The van der Waals surface area contributed by atoms with E-state index in [0.717, 1.165) is 16.6 Å². The second-order valence-electron chi connectivity index (χ2n) is 8.32. The molecule has 2 aromatic rings. The van der Waals surface area contributed by atoms with Crippen molar-refractivity contribution in [3.05, 3.63) is 34.2 Å². The Morgan fingerprint density at radius 2 is 1.48 bits per heavy atom. The molecule has 0 bridgehead atoms. The van der Waals surface area contributed by atoms with Crippen LogP contribution in [-0.4, -0.2) is 56.9 Å². The summed E-state index contributed by atoms with van der Waals surface area (Å²) in [5, 5.41) is 0. The Balaban J connectivity index is 1.67. The van der Waals surface area contributed by atoms with Crippen LogP contribution in [0.25, 0.3) is 11.0 Å². The van der Waals surface area contributed by atoms with E-state index in [1.807, 2.05) is 48.8 Å². The number of hydrogen-bond acceptors (Lipinski definition) is 3. The van der Waals surface area contributed by atoms with Gasteiger partial charge in [-0.25, -0.2) is 4.79 Å². The third-order valence-electron chi connectivity index (χ3n) is 5.25. The summed E-state index contributed by atoms with van der Waals surface area (Å²) < 4.78 is 3.20. The van der Waals surface area contributed by atoms with Crippen molar-refractivity contribution < 1.29 is 9.59 Å². The monoisotopic (exact) mass is 372 g/mol. The third-order valence-corrected chi connectivity index (χ3v) is 5.25. The maximum atomic E-state index is 12.7. The molecule has 0 atom stereocenters. The van der Waals surface area contributed by atoms with Gasteiger partial charge in [-0.2, -0.15) is 0 Å². The molecule has 0 unspecified atom stereocenters. The van der Waals surface area contributed by atoms with Crippen molar-refractivity contribution in [1.82, 2.24) is 18.9 Å². The van der Waals surface area contributed by atoms with Crippen LogP contribution in [0.2, 0.25) is 0 Å². The Hall–Kier alpha value is -2.57. The average molecular weight is 372 g/mol. The molecule has 2 heterocycles. The normalized spacial score (nSPS) is 15.4. The minimum atomic E-state index is -0.396. The van der Waals surface area contributed by atoms with Crippen molar-refractivity contribution in [3.8, 4) is 0 Å². The number of aromatic nitrogens is 2. The zero-order valence-corrected chi connectivity index (χ0v) is 16.8. The number of carbonyl (C=O) groups excluding carboxylic acids is 2. The van der Waals surface area contributed by atoms with E-state index in [0.29, 0.717) is 32.6 Å². The second-order valence-corrected chi connectivity index (χ2v) is 8.32. The predicted molar refractivity (Wildman–Crippen MR) is 104 cm³/mol. The van der Waals surface area contributed by atoms with Gasteiger partial charge in [0.05, 0.1) is 17.5 Å². The fraction of sp³-hybridized carbons (Fsp3) is 0.550. The molecule has 7 nitrogen and oxygen atoms in total. The Morgan fingerprint density at radius 3 is 2.07 bits per heavy atom. The molecule has 7 heteroatoms.